The first-order chi connectivity index (χ1) is 11.4. The average molecular weight is 348 g/mol. The second-order valence-electron chi connectivity index (χ2n) is 4.86. The van der Waals surface area contributed by atoms with Crippen LogP contribution in [-0.4, -0.2) is 29.9 Å². The van der Waals surface area contributed by atoms with Crippen molar-refractivity contribution in [2.45, 2.75) is 20.3 Å². The van der Waals surface area contributed by atoms with Crippen LogP contribution in [0.1, 0.15) is 27.9 Å². The van der Waals surface area contributed by atoms with Crippen LogP contribution in [0.3, 0.4) is 0 Å². The molecule has 0 aliphatic carbocycles. The van der Waals surface area contributed by atoms with Crippen LogP contribution >= 0.6 is 11.3 Å². The molecule has 8 heteroatoms. The third kappa shape index (κ3) is 4.63. The summed E-state index contributed by atoms with van der Waals surface area (Å²) in [7, 11) is 1.32. The van der Waals surface area contributed by atoms with Gasteiger partial charge in [0.05, 0.1) is 19.2 Å². The fraction of sp³-hybridized carbons (Fsp3) is 0.250. The first-order valence-electron chi connectivity index (χ1n) is 7.02. The second kappa shape index (κ2) is 7.69. The lowest BCUT2D eigenvalue weighted by atomic mass is 10.2. The van der Waals surface area contributed by atoms with E-state index in [1.807, 2.05) is 0 Å². The van der Waals surface area contributed by atoms with Gasteiger partial charge in [0.1, 0.15) is 5.75 Å². The standard InChI is InChI=1S/C16H16N2O5S/c1-9-13(8-14(20)22-3)24-16(17-9)18-15(21)11-5-4-6-12(7-11)23-10(2)19/h4-7H,8H2,1-3H3,(H,17,18,21). The summed E-state index contributed by atoms with van der Waals surface area (Å²) in [6.45, 7) is 3.04. The number of hydrogen-bond acceptors (Lipinski definition) is 7. The minimum atomic E-state index is -0.462. The van der Waals surface area contributed by atoms with Crippen molar-refractivity contribution in [2.75, 3.05) is 12.4 Å². The minimum absolute atomic E-state index is 0.109. The van der Waals surface area contributed by atoms with Crippen LogP contribution < -0.4 is 10.1 Å². The molecule has 0 saturated heterocycles. The molecule has 1 amide bonds. The molecule has 1 heterocycles. The van der Waals surface area contributed by atoms with Crippen molar-refractivity contribution in [1.29, 1.82) is 0 Å². The molecule has 2 aromatic rings. The van der Waals surface area contributed by atoms with E-state index in [1.54, 1.807) is 25.1 Å². The van der Waals surface area contributed by atoms with Gasteiger partial charge in [0.15, 0.2) is 5.13 Å². The van der Waals surface area contributed by atoms with E-state index < -0.39 is 5.97 Å². The van der Waals surface area contributed by atoms with Crippen molar-refractivity contribution in [3.05, 3.63) is 40.4 Å². The highest BCUT2D eigenvalue weighted by Crippen LogP contribution is 2.24. The van der Waals surface area contributed by atoms with Gasteiger partial charge in [-0.3, -0.25) is 19.7 Å². The smallest absolute Gasteiger partial charge is 0.310 e. The minimum Gasteiger partial charge on any atom is -0.469 e. The SMILES string of the molecule is COC(=O)Cc1sc(NC(=O)c2cccc(OC(C)=O)c2)nc1C. The Kier molecular flexibility index (Phi) is 5.64. The van der Waals surface area contributed by atoms with Gasteiger partial charge >= 0.3 is 11.9 Å². The maximum Gasteiger partial charge on any atom is 0.310 e. The van der Waals surface area contributed by atoms with Crippen molar-refractivity contribution in [1.82, 2.24) is 4.98 Å². The number of carbonyl (C=O) groups excluding carboxylic acids is 3. The van der Waals surface area contributed by atoms with E-state index in [9.17, 15) is 14.4 Å². The number of thiazole rings is 1. The molecule has 0 spiro atoms. The summed E-state index contributed by atoms with van der Waals surface area (Å²) in [5, 5.41) is 3.05. The van der Waals surface area contributed by atoms with Crippen LogP contribution in [0, 0.1) is 6.92 Å². The lowest BCUT2D eigenvalue weighted by Crippen LogP contribution is -2.12. The molecule has 126 valence electrons. The molecule has 1 aromatic carbocycles. The predicted molar refractivity (Wildman–Crippen MR) is 88.3 cm³/mol. The third-order valence-electron chi connectivity index (χ3n) is 3.00. The number of methoxy groups -OCH3 is 1. The zero-order chi connectivity index (χ0) is 17.7. The van der Waals surface area contributed by atoms with Gasteiger partial charge < -0.3 is 9.47 Å². The van der Waals surface area contributed by atoms with Gasteiger partial charge in [0.25, 0.3) is 5.91 Å². The first-order valence-corrected chi connectivity index (χ1v) is 7.83. The number of hydrogen-bond donors (Lipinski definition) is 1. The Labute approximate surface area is 142 Å². The summed E-state index contributed by atoms with van der Waals surface area (Å²) in [5.74, 6) is -0.927. The highest BCUT2D eigenvalue weighted by Gasteiger charge is 2.15. The molecule has 0 bridgehead atoms. The van der Waals surface area contributed by atoms with E-state index >= 15 is 0 Å². The molecular formula is C16H16N2O5S. The zero-order valence-electron chi connectivity index (χ0n) is 13.4. The van der Waals surface area contributed by atoms with Crippen LogP contribution in [0.15, 0.2) is 24.3 Å². The van der Waals surface area contributed by atoms with Gasteiger partial charge in [-0.2, -0.15) is 0 Å². The lowest BCUT2D eigenvalue weighted by molar-refractivity contribution is -0.139. The van der Waals surface area contributed by atoms with Crippen molar-refractivity contribution in [2.24, 2.45) is 0 Å². The summed E-state index contributed by atoms with van der Waals surface area (Å²) in [5.41, 5.74) is 0.991. The zero-order valence-corrected chi connectivity index (χ0v) is 14.2. The highest BCUT2D eigenvalue weighted by molar-refractivity contribution is 7.16. The molecule has 1 N–H and O–H groups in total. The van der Waals surface area contributed by atoms with Gasteiger partial charge in [-0.25, -0.2) is 4.98 Å². The summed E-state index contributed by atoms with van der Waals surface area (Å²) < 4.78 is 9.58. The third-order valence-corrected chi connectivity index (χ3v) is 4.08. The molecule has 0 atom stereocenters. The monoisotopic (exact) mass is 348 g/mol. The quantitative estimate of drug-likeness (QED) is 0.658. The molecule has 7 nitrogen and oxygen atoms in total. The van der Waals surface area contributed by atoms with E-state index in [2.05, 4.69) is 15.0 Å². The number of rotatable bonds is 5. The van der Waals surface area contributed by atoms with E-state index in [-0.39, 0.29) is 24.0 Å². The number of aryl methyl sites for hydroxylation is 1. The molecule has 0 fully saturated rings. The number of carbonyl (C=O) groups is 3. The molecule has 0 unspecified atom stereocenters. The van der Waals surface area contributed by atoms with Crippen LogP contribution in [0.5, 0.6) is 5.75 Å². The molecule has 0 aliphatic rings. The normalized spacial score (nSPS) is 10.1. The summed E-state index contributed by atoms with van der Waals surface area (Å²) >= 11 is 1.21. The van der Waals surface area contributed by atoms with Crippen molar-refractivity contribution in [3.63, 3.8) is 0 Å². The van der Waals surface area contributed by atoms with Crippen LogP contribution in [-0.2, 0) is 20.7 Å². The number of aromatic nitrogens is 1. The van der Waals surface area contributed by atoms with Crippen molar-refractivity contribution >= 4 is 34.3 Å². The molecule has 2 rings (SSSR count). The number of ether oxygens (including phenoxy) is 2. The summed E-state index contributed by atoms with van der Waals surface area (Å²) in [6.07, 6.45) is 0.109. The van der Waals surface area contributed by atoms with Crippen LogP contribution in [0.2, 0.25) is 0 Å². The van der Waals surface area contributed by atoms with Crippen LogP contribution in [0.25, 0.3) is 0 Å². The van der Waals surface area contributed by atoms with E-state index in [0.717, 1.165) is 4.88 Å². The van der Waals surface area contributed by atoms with Gasteiger partial charge in [-0.05, 0) is 25.1 Å². The molecule has 0 radical (unpaired) electrons. The summed E-state index contributed by atoms with van der Waals surface area (Å²) in [4.78, 5) is 39.5. The number of nitrogens with zero attached hydrogens (tertiary/aromatic N) is 1. The fourth-order valence-corrected chi connectivity index (χ4v) is 2.83. The van der Waals surface area contributed by atoms with Crippen molar-refractivity contribution in [3.8, 4) is 5.75 Å². The maximum absolute atomic E-state index is 12.3. The number of nitrogens with one attached hydrogen (secondary N) is 1. The van der Waals surface area contributed by atoms with Gasteiger partial charge in [-0.1, -0.05) is 6.07 Å². The molecule has 1 aromatic heterocycles. The number of benzene rings is 1. The molecule has 0 saturated carbocycles. The fourth-order valence-electron chi connectivity index (χ4n) is 1.88. The van der Waals surface area contributed by atoms with Gasteiger partial charge in [0.2, 0.25) is 0 Å². The van der Waals surface area contributed by atoms with E-state index in [0.29, 0.717) is 16.4 Å². The molecule has 0 aliphatic heterocycles. The number of anilines is 1. The largest absolute Gasteiger partial charge is 0.469 e. The first kappa shape index (κ1) is 17.6. The number of amides is 1. The Morgan fingerprint density at radius 2 is 2.04 bits per heavy atom. The molecule has 24 heavy (non-hydrogen) atoms. The average Bonchev–Trinajstić information content (AvgIpc) is 2.86. The Morgan fingerprint density at radius 1 is 1.29 bits per heavy atom. The number of esters is 2. The van der Waals surface area contributed by atoms with E-state index in [1.165, 1.54) is 31.4 Å². The Balaban J connectivity index is 2.11. The predicted octanol–water partition coefficient (Wildman–Crippen LogP) is 2.34. The topological polar surface area (TPSA) is 94.6 Å². The Hall–Kier alpha value is -2.74. The molecular weight excluding hydrogens is 332 g/mol. The highest BCUT2D eigenvalue weighted by atomic mass is 32.1. The van der Waals surface area contributed by atoms with Gasteiger partial charge in [0, 0.05) is 17.4 Å². The van der Waals surface area contributed by atoms with E-state index in [4.69, 9.17) is 4.74 Å². The maximum atomic E-state index is 12.3. The van der Waals surface area contributed by atoms with Crippen molar-refractivity contribution < 1.29 is 23.9 Å². The second-order valence-corrected chi connectivity index (χ2v) is 5.94. The van der Waals surface area contributed by atoms with Crippen LogP contribution in [0.4, 0.5) is 5.13 Å². The Morgan fingerprint density at radius 3 is 2.71 bits per heavy atom. The summed E-state index contributed by atoms with van der Waals surface area (Å²) in [6, 6.07) is 6.26. The van der Waals surface area contributed by atoms with Gasteiger partial charge in [-0.15, -0.1) is 11.3 Å². The lowest BCUT2D eigenvalue weighted by Gasteiger charge is -2.04. The Bertz CT molecular complexity index is 785.